The Labute approximate surface area is 182 Å². The summed E-state index contributed by atoms with van der Waals surface area (Å²) in [6.07, 6.45) is 1.55. The molecule has 0 bridgehead atoms. The first-order valence-corrected chi connectivity index (χ1v) is 9.91. The van der Waals surface area contributed by atoms with Crippen molar-refractivity contribution in [2.24, 2.45) is 5.10 Å². The largest absolute Gasteiger partial charge is 0.484 e. The van der Waals surface area contributed by atoms with Gasteiger partial charge in [-0.25, -0.2) is 5.43 Å². The molecule has 31 heavy (non-hydrogen) atoms. The number of hydrogen-bond acceptors (Lipinski definition) is 4. The minimum atomic E-state index is -0.269. The van der Waals surface area contributed by atoms with Gasteiger partial charge in [0.05, 0.1) is 6.21 Å². The molecule has 0 aliphatic carbocycles. The molecule has 0 radical (unpaired) electrons. The van der Waals surface area contributed by atoms with Crippen LogP contribution in [0.2, 0.25) is 0 Å². The van der Waals surface area contributed by atoms with Gasteiger partial charge in [-0.15, -0.1) is 0 Å². The number of amides is 2. The Hall–Kier alpha value is -3.93. The molecule has 0 aromatic heterocycles. The van der Waals surface area contributed by atoms with Gasteiger partial charge in [0.1, 0.15) is 5.75 Å². The Kier molecular flexibility index (Phi) is 7.17. The molecule has 0 heterocycles. The summed E-state index contributed by atoms with van der Waals surface area (Å²) in [7, 11) is 0. The molecule has 3 aromatic carbocycles. The van der Waals surface area contributed by atoms with E-state index in [1.165, 1.54) is 5.56 Å². The lowest BCUT2D eigenvalue weighted by Gasteiger charge is -2.09. The first-order valence-electron chi connectivity index (χ1n) is 9.91. The molecule has 6 heteroatoms. The summed E-state index contributed by atoms with van der Waals surface area (Å²) >= 11 is 0. The van der Waals surface area contributed by atoms with E-state index in [1.54, 1.807) is 42.6 Å². The van der Waals surface area contributed by atoms with Gasteiger partial charge in [0, 0.05) is 11.3 Å². The van der Waals surface area contributed by atoms with Crippen LogP contribution in [0.1, 0.15) is 32.6 Å². The number of carbonyl (C=O) groups is 2. The summed E-state index contributed by atoms with van der Waals surface area (Å²) in [5, 5.41) is 6.80. The third-order valence-corrected chi connectivity index (χ3v) is 4.70. The zero-order valence-corrected chi connectivity index (χ0v) is 17.8. The molecule has 6 nitrogen and oxygen atoms in total. The maximum Gasteiger partial charge on any atom is 0.271 e. The van der Waals surface area contributed by atoms with Gasteiger partial charge in [0.25, 0.3) is 11.8 Å². The van der Waals surface area contributed by atoms with Crippen molar-refractivity contribution in [2.75, 3.05) is 11.9 Å². The quantitative estimate of drug-likeness (QED) is 0.444. The lowest BCUT2D eigenvalue weighted by molar-refractivity contribution is -0.118. The topological polar surface area (TPSA) is 79.8 Å². The zero-order chi connectivity index (χ0) is 22.2. The number of aryl methyl sites for hydroxylation is 3. The number of nitrogens with zero attached hydrogens (tertiary/aromatic N) is 1. The van der Waals surface area contributed by atoms with E-state index in [1.807, 2.05) is 51.1 Å². The molecule has 2 N–H and O–H groups in total. The molecular weight excluding hydrogens is 390 g/mol. The molecule has 3 aromatic rings. The molecule has 0 saturated carbocycles. The van der Waals surface area contributed by atoms with Gasteiger partial charge in [-0.1, -0.05) is 23.8 Å². The van der Waals surface area contributed by atoms with E-state index in [4.69, 9.17) is 4.74 Å². The van der Waals surface area contributed by atoms with Crippen molar-refractivity contribution in [3.63, 3.8) is 0 Å². The van der Waals surface area contributed by atoms with E-state index in [-0.39, 0.29) is 18.4 Å². The van der Waals surface area contributed by atoms with Crippen LogP contribution in [0.5, 0.6) is 5.75 Å². The molecule has 0 saturated heterocycles. The average Bonchev–Trinajstić information content (AvgIpc) is 2.76. The molecule has 3 rings (SSSR count). The standard InChI is InChI=1S/C25H25N3O3/c1-17-5-4-6-21(13-17)25(30)28-26-15-20-8-11-23(12-9-20)31-16-24(29)27-22-10-7-18(2)19(3)14-22/h4-15H,16H2,1-3H3,(H,27,29)(H,28,30). The molecular formula is C25H25N3O3. The minimum absolute atomic E-state index is 0.0904. The van der Waals surface area contributed by atoms with Gasteiger partial charge in [0.15, 0.2) is 6.61 Å². The van der Waals surface area contributed by atoms with Crippen molar-refractivity contribution in [2.45, 2.75) is 20.8 Å². The first kappa shape index (κ1) is 21.8. The fourth-order valence-corrected chi connectivity index (χ4v) is 2.83. The third kappa shape index (κ3) is 6.54. The third-order valence-electron chi connectivity index (χ3n) is 4.70. The van der Waals surface area contributed by atoms with Crippen LogP contribution >= 0.6 is 0 Å². The SMILES string of the molecule is Cc1cccc(C(=O)NN=Cc2ccc(OCC(=O)Nc3ccc(C)c(C)c3)cc2)c1. The Balaban J connectivity index is 1.47. The van der Waals surface area contributed by atoms with Crippen LogP contribution in [0.25, 0.3) is 0 Å². The van der Waals surface area contributed by atoms with Crippen LogP contribution in [0.4, 0.5) is 5.69 Å². The molecule has 0 unspecified atom stereocenters. The van der Waals surface area contributed by atoms with Gasteiger partial charge < -0.3 is 10.1 Å². The normalized spacial score (nSPS) is 10.7. The molecule has 158 valence electrons. The van der Waals surface area contributed by atoms with Crippen LogP contribution in [0, 0.1) is 20.8 Å². The highest BCUT2D eigenvalue weighted by atomic mass is 16.5. The molecule has 2 amide bonds. The number of ether oxygens (including phenoxy) is 1. The molecule has 0 aliphatic heterocycles. The number of hydrogen-bond donors (Lipinski definition) is 2. The predicted molar refractivity (Wildman–Crippen MR) is 123 cm³/mol. The van der Waals surface area contributed by atoms with Crippen LogP contribution in [-0.2, 0) is 4.79 Å². The molecule has 0 aliphatic rings. The smallest absolute Gasteiger partial charge is 0.271 e. The van der Waals surface area contributed by atoms with E-state index in [0.29, 0.717) is 11.3 Å². The number of benzene rings is 3. The maximum absolute atomic E-state index is 12.1. The number of rotatable bonds is 7. The Morgan fingerprint density at radius 1 is 0.935 bits per heavy atom. The summed E-state index contributed by atoms with van der Waals surface area (Å²) in [4.78, 5) is 24.2. The van der Waals surface area contributed by atoms with E-state index in [0.717, 1.165) is 22.4 Å². The van der Waals surface area contributed by atoms with Crippen molar-refractivity contribution in [3.8, 4) is 5.75 Å². The van der Waals surface area contributed by atoms with Crippen molar-refractivity contribution in [3.05, 3.63) is 94.5 Å². The number of hydrazone groups is 1. The summed E-state index contributed by atoms with van der Waals surface area (Å²) < 4.78 is 5.53. The summed E-state index contributed by atoms with van der Waals surface area (Å²) in [6.45, 7) is 5.86. The Morgan fingerprint density at radius 3 is 2.42 bits per heavy atom. The second kappa shape index (κ2) is 10.2. The second-order valence-corrected chi connectivity index (χ2v) is 7.27. The van der Waals surface area contributed by atoms with Gasteiger partial charge >= 0.3 is 0 Å². The van der Waals surface area contributed by atoms with Gasteiger partial charge in [-0.05, 0) is 86.0 Å². The average molecular weight is 415 g/mol. The van der Waals surface area contributed by atoms with E-state index < -0.39 is 0 Å². The lowest BCUT2D eigenvalue weighted by Crippen LogP contribution is -2.20. The van der Waals surface area contributed by atoms with Crippen molar-refractivity contribution in [1.82, 2.24) is 5.43 Å². The molecule has 0 atom stereocenters. The first-order chi connectivity index (χ1) is 14.9. The van der Waals surface area contributed by atoms with Crippen molar-refractivity contribution in [1.29, 1.82) is 0 Å². The van der Waals surface area contributed by atoms with Crippen molar-refractivity contribution >= 4 is 23.7 Å². The molecule has 0 spiro atoms. The summed E-state index contributed by atoms with van der Waals surface area (Å²) in [5.41, 5.74) is 7.90. The summed E-state index contributed by atoms with van der Waals surface area (Å²) in [6, 6.07) is 20.1. The van der Waals surface area contributed by atoms with Gasteiger partial charge in [-0.3, -0.25) is 9.59 Å². The van der Waals surface area contributed by atoms with E-state index >= 15 is 0 Å². The van der Waals surface area contributed by atoms with Crippen LogP contribution in [0.15, 0.2) is 71.8 Å². The minimum Gasteiger partial charge on any atom is -0.484 e. The highest BCUT2D eigenvalue weighted by molar-refractivity contribution is 5.95. The fraction of sp³-hybridized carbons (Fsp3) is 0.160. The van der Waals surface area contributed by atoms with Gasteiger partial charge in [-0.2, -0.15) is 5.10 Å². The summed E-state index contributed by atoms with van der Waals surface area (Å²) in [5.74, 6) is 0.0682. The van der Waals surface area contributed by atoms with E-state index in [2.05, 4.69) is 15.8 Å². The highest BCUT2D eigenvalue weighted by Crippen LogP contribution is 2.15. The van der Waals surface area contributed by atoms with Crippen molar-refractivity contribution < 1.29 is 14.3 Å². The van der Waals surface area contributed by atoms with Gasteiger partial charge in [0.2, 0.25) is 0 Å². The Morgan fingerprint density at radius 2 is 1.71 bits per heavy atom. The van der Waals surface area contributed by atoms with Crippen LogP contribution in [0.3, 0.4) is 0 Å². The maximum atomic E-state index is 12.1. The highest BCUT2D eigenvalue weighted by Gasteiger charge is 2.05. The van der Waals surface area contributed by atoms with Crippen LogP contribution < -0.4 is 15.5 Å². The zero-order valence-electron chi connectivity index (χ0n) is 17.8. The molecule has 0 fully saturated rings. The Bertz CT molecular complexity index is 1110. The number of carbonyl (C=O) groups excluding carboxylic acids is 2. The lowest BCUT2D eigenvalue weighted by atomic mass is 10.1. The van der Waals surface area contributed by atoms with E-state index in [9.17, 15) is 9.59 Å². The number of anilines is 1. The second-order valence-electron chi connectivity index (χ2n) is 7.27. The van der Waals surface area contributed by atoms with Crippen LogP contribution in [-0.4, -0.2) is 24.6 Å². The monoisotopic (exact) mass is 415 g/mol. The number of nitrogens with one attached hydrogen (secondary N) is 2. The predicted octanol–water partition coefficient (Wildman–Crippen LogP) is 4.39. The fourth-order valence-electron chi connectivity index (χ4n) is 2.83.